The molecule has 12 heavy (non-hydrogen) atoms. The van der Waals surface area contributed by atoms with Gasteiger partial charge in [0.15, 0.2) is 0 Å². The third kappa shape index (κ3) is 1.97. The second kappa shape index (κ2) is 4.10. The predicted molar refractivity (Wildman–Crippen MR) is 50.4 cm³/mol. The lowest BCUT2D eigenvalue weighted by atomic mass is 10.1. The third-order valence-electron chi connectivity index (χ3n) is 1.95. The molecule has 0 spiro atoms. The fraction of sp³-hybridized carbons (Fsp3) is 0.500. The topological polar surface area (TPSA) is 32.9 Å². The Morgan fingerprint density at radius 1 is 1.33 bits per heavy atom. The number of hydrogen-bond acceptors (Lipinski definition) is 1. The van der Waals surface area contributed by atoms with E-state index in [1.165, 1.54) is 0 Å². The zero-order chi connectivity index (χ0) is 8.97. The first-order valence-corrected chi connectivity index (χ1v) is 4.49. The summed E-state index contributed by atoms with van der Waals surface area (Å²) in [6.07, 6.45) is 2.79. The molecule has 0 aliphatic carbocycles. The second-order valence-electron chi connectivity index (χ2n) is 2.94. The number of nitrogens with one attached hydrogen (secondary N) is 1. The zero-order valence-electron chi connectivity index (χ0n) is 7.68. The lowest BCUT2D eigenvalue weighted by Crippen LogP contribution is -2.13. The molecule has 0 radical (unpaired) electrons. The summed E-state index contributed by atoms with van der Waals surface area (Å²) in [6, 6.07) is 3.92. The maximum Gasteiger partial charge on any atom is 0.251 e. The molecule has 0 aliphatic heterocycles. The van der Waals surface area contributed by atoms with E-state index >= 15 is 0 Å². The Morgan fingerprint density at radius 3 is 2.58 bits per heavy atom. The van der Waals surface area contributed by atoms with Crippen molar-refractivity contribution in [1.29, 1.82) is 0 Å². The lowest BCUT2D eigenvalue weighted by molar-refractivity contribution is 0.886. The van der Waals surface area contributed by atoms with Gasteiger partial charge in [-0.05, 0) is 18.9 Å². The quantitative estimate of drug-likeness (QED) is 0.729. The lowest BCUT2D eigenvalue weighted by Gasteiger charge is -1.99. The summed E-state index contributed by atoms with van der Waals surface area (Å²) in [7, 11) is 0. The molecular formula is C10H15NO. The van der Waals surface area contributed by atoms with Crippen molar-refractivity contribution in [1.82, 2.24) is 4.98 Å². The van der Waals surface area contributed by atoms with Crippen LogP contribution in [0, 0.1) is 0 Å². The van der Waals surface area contributed by atoms with Crippen LogP contribution < -0.4 is 5.56 Å². The summed E-state index contributed by atoms with van der Waals surface area (Å²) in [5.41, 5.74) is 1.99. The molecule has 0 fully saturated rings. The molecule has 1 aromatic rings. The number of hydrogen-bond donors (Lipinski definition) is 1. The van der Waals surface area contributed by atoms with E-state index in [1.54, 1.807) is 0 Å². The van der Waals surface area contributed by atoms with Crippen LogP contribution in [0.2, 0.25) is 0 Å². The van der Waals surface area contributed by atoms with Crippen LogP contribution in [0.25, 0.3) is 0 Å². The smallest absolute Gasteiger partial charge is 0.251 e. The molecule has 0 atom stereocenters. The average Bonchev–Trinajstić information content (AvgIpc) is 2.09. The van der Waals surface area contributed by atoms with Gasteiger partial charge in [-0.2, -0.15) is 0 Å². The number of aromatic amines is 1. The molecule has 0 aliphatic rings. The number of rotatable bonds is 3. The molecule has 0 unspecified atom stereocenters. The highest BCUT2D eigenvalue weighted by atomic mass is 16.1. The summed E-state index contributed by atoms with van der Waals surface area (Å²) in [5.74, 6) is 0. The van der Waals surface area contributed by atoms with Crippen molar-refractivity contribution < 1.29 is 0 Å². The monoisotopic (exact) mass is 165 g/mol. The summed E-state index contributed by atoms with van der Waals surface area (Å²) in [6.45, 7) is 4.11. The van der Waals surface area contributed by atoms with Gasteiger partial charge in [0.05, 0.1) is 0 Å². The third-order valence-corrected chi connectivity index (χ3v) is 1.95. The Labute approximate surface area is 72.6 Å². The van der Waals surface area contributed by atoms with Crippen LogP contribution in [0.4, 0.5) is 0 Å². The summed E-state index contributed by atoms with van der Waals surface area (Å²) in [4.78, 5) is 14.2. The van der Waals surface area contributed by atoms with Gasteiger partial charge >= 0.3 is 0 Å². The van der Waals surface area contributed by atoms with Crippen LogP contribution in [-0.4, -0.2) is 4.98 Å². The van der Waals surface area contributed by atoms with E-state index < -0.39 is 0 Å². The van der Waals surface area contributed by atoms with Crippen LogP contribution in [-0.2, 0) is 12.8 Å². The average molecular weight is 165 g/mol. The molecule has 1 N–H and O–H groups in total. The first kappa shape index (κ1) is 9.04. The number of pyridine rings is 1. The first-order valence-electron chi connectivity index (χ1n) is 4.49. The first-order chi connectivity index (χ1) is 5.77. The molecule has 0 aromatic carbocycles. The Kier molecular flexibility index (Phi) is 3.09. The molecule has 2 nitrogen and oxygen atoms in total. The van der Waals surface area contributed by atoms with Crippen LogP contribution in [0.3, 0.4) is 0 Å². The Morgan fingerprint density at radius 2 is 2.08 bits per heavy atom. The van der Waals surface area contributed by atoms with Crippen molar-refractivity contribution in [2.75, 3.05) is 0 Å². The number of aromatic nitrogens is 1. The summed E-state index contributed by atoms with van der Waals surface area (Å²) >= 11 is 0. The molecular weight excluding hydrogens is 150 g/mol. The minimum absolute atomic E-state index is 0.0798. The highest BCUT2D eigenvalue weighted by Gasteiger charge is 1.97. The zero-order valence-corrected chi connectivity index (χ0v) is 7.68. The van der Waals surface area contributed by atoms with Gasteiger partial charge in [0.2, 0.25) is 0 Å². The van der Waals surface area contributed by atoms with Crippen molar-refractivity contribution in [3.05, 3.63) is 33.7 Å². The van der Waals surface area contributed by atoms with Gasteiger partial charge in [-0.1, -0.05) is 26.3 Å². The Hall–Kier alpha value is -1.05. The molecule has 0 saturated carbocycles. The molecule has 1 rings (SSSR count). The van der Waals surface area contributed by atoms with E-state index in [0.717, 1.165) is 30.5 Å². The SMILES string of the molecule is CCCc1ccc(CC)[nH]c1=O. The maximum atomic E-state index is 11.3. The van der Waals surface area contributed by atoms with Gasteiger partial charge in [-0.3, -0.25) is 4.79 Å². The van der Waals surface area contributed by atoms with E-state index in [1.807, 2.05) is 19.1 Å². The van der Waals surface area contributed by atoms with Crippen molar-refractivity contribution in [2.45, 2.75) is 33.1 Å². The van der Waals surface area contributed by atoms with E-state index in [4.69, 9.17) is 0 Å². The van der Waals surface area contributed by atoms with Crippen LogP contribution in [0.1, 0.15) is 31.5 Å². The normalized spacial score (nSPS) is 10.2. The molecule has 1 aromatic heterocycles. The van der Waals surface area contributed by atoms with E-state index in [2.05, 4.69) is 11.9 Å². The maximum absolute atomic E-state index is 11.3. The molecule has 0 amide bonds. The largest absolute Gasteiger partial charge is 0.326 e. The van der Waals surface area contributed by atoms with Crippen LogP contribution in [0.5, 0.6) is 0 Å². The van der Waals surface area contributed by atoms with Crippen molar-refractivity contribution >= 4 is 0 Å². The summed E-state index contributed by atoms with van der Waals surface area (Å²) < 4.78 is 0. The van der Waals surface area contributed by atoms with E-state index in [9.17, 15) is 4.79 Å². The van der Waals surface area contributed by atoms with Crippen LogP contribution >= 0.6 is 0 Å². The number of aryl methyl sites for hydroxylation is 2. The van der Waals surface area contributed by atoms with Crippen molar-refractivity contribution in [3.8, 4) is 0 Å². The minimum atomic E-state index is 0.0798. The second-order valence-corrected chi connectivity index (χ2v) is 2.94. The molecule has 66 valence electrons. The highest BCUT2D eigenvalue weighted by molar-refractivity contribution is 5.14. The molecule has 2 heteroatoms. The van der Waals surface area contributed by atoms with E-state index in [-0.39, 0.29) is 5.56 Å². The van der Waals surface area contributed by atoms with Gasteiger partial charge in [0.25, 0.3) is 5.56 Å². The summed E-state index contributed by atoms with van der Waals surface area (Å²) in [5, 5.41) is 0. The minimum Gasteiger partial charge on any atom is -0.326 e. The Bertz CT molecular complexity index is 301. The van der Waals surface area contributed by atoms with Crippen LogP contribution in [0.15, 0.2) is 16.9 Å². The van der Waals surface area contributed by atoms with Crippen molar-refractivity contribution in [2.24, 2.45) is 0 Å². The fourth-order valence-corrected chi connectivity index (χ4v) is 1.22. The van der Waals surface area contributed by atoms with Gasteiger partial charge in [0.1, 0.15) is 0 Å². The molecule has 0 saturated heterocycles. The van der Waals surface area contributed by atoms with Crippen molar-refractivity contribution in [3.63, 3.8) is 0 Å². The highest BCUT2D eigenvalue weighted by Crippen LogP contribution is 1.98. The standard InChI is InChI=1S/C10H15NO/c1-3-5-8-6-7-9(4-2)11-10(8)12/h6-7H,3-5H2,1-2H3,(H,11,12). The molecule has 0 bridgehead atoms. The number of H-pyrrole nitrogens is 1. The Balaban J connectivity index is 2.96. The van der Waals surface area contributed by atoms with Gasteiger partial charge in [-0.15, -0.1) is 0 Å². The predicted octanol–water partition coefficient (Wildman–Crippen LogP) is 1.89. The fourth-order valence-electron chi connectivity index (χ4n) is 1.22. The molecule has 1 heterocycles. The van der Waals surface area contributed by atoms with E-state index in [0.29, 0.717) is 0 Å². The van der Waals surface area contributed by atoms with Gasteiger partial charge in [0, 0.05) is 11.3 Å². The van der Waals surface area contributed by atoms with Gasteiger partial charge < -0.3 is 4.98 Å². The van der Waals surface area contributed by atoms with Gasteiger partial charge in [-0.25, -0.2) is 0 Å².